The van der Waals surface area contributed by atoms with Crippen LogP contribution < -0.4 is 0 Å². The highest BCUT2D eigenvalue weighted by Crippen LogP contribution is 2.19. The molecule has 2 fully saturated rings. The molecular formula is C8H15NOS. The molecule has 2 rings (SSSR count). The molecule has 2 saturated heterocycles. The number of rotatable bonds is 2. The number of hydrogen-bond donors (Lipinski definition) is 0. The van der Waals surface area contributed by atoms with Gasteiger partial charge >= 0.3 is 0 Å². The molecule has 2 atom stereocenters. The van der Waals surface area contributed by atoms with Crippen molar-refractivity contribution in [3.63, 3.8) is 0 Å². The Morgan fingerprint density at radius 3 is 3.09 bits per heavy atom. The number of thioether (sulfide) groups is 1. The Balaban J connectivity index is 1.78. The summed E-state index contributed by atoms with van der Waals surface area (Å²) in [7, 11) is 0. The fourth-order valence-corrected chi connectivity index (χ4v) is 2.55. The van der Waals surface area contributed by atoms with Crippen LogP contribution in [0.2, 0.25) is 0 Å². The van der Waals surface area contributed by atoms with Gasteiger partial charge in [0.05, 0.1) is 12.7 Å². The monoisotopic (exact) mass is 173 g/mol. The van der Waals surface area contributed by atoms with Crippen molar-refractivity contribution in [3.8, 4) is 0 Å². The summed E-state index contributed by atoms with van der Waals surface area (Å²) in [5.41, 5.74) is 0. The topological polar surface area (TPSA) is 15.8 Å². The Morgan fingerprint density at radius 1 is 1.64 bits per heavy atom. The van der Waals surface area contributed by atoms with Crippen molar-refractivity contribution in [2.45, 2.75) is 19.1 Å². The Kier molecular flexibility index (Phi) is 2.39. The van der Waals surface area contributed by atoms with Crippen molar-refractivity contribution in [2.24, 2.45) is 0 Å². The van der Waals surface area contributed by atoms with E-state index in [1.165, 1.54) is 24.6 Å². The summed E-state index contributed by atoms with van der Waals surface area (Å²) in [6, 6.07) is 0.762. The van der Waals surface area contributed by atoms with Crippen molar-refractivity contribution in [1.82, 2.24) is 4.90 Å². The summed E-state index contributed by atoms with van der Waals surface area (Å²) >= 11 is 2.07. The lowest BCUT2D eigenvalue weighted by molar-refractivity contribution is 0.208. The van der Waals surface area contributed by atoms with Crippen molar-refractivity contribution < 1.29 is 4.74 Å². The van der Waals surface area contributed by atoms with Crippen molar-refractivity contribution >= 4 is 11.8 Å². The van der Waals surface area contributed by atoms with Crippen LogP contribution in [0.25, 0.3) is 0 Å². The second-order valence-electron chi connectivity index (χ2n) is 3.37. The van der Waals surface area contributed by atoms with Crippen molar-refractivity contribution in [3.05, 3.63) is 0 Å². The minimum absolute atomic E-state index is 0.570. The zero-order valence-electron chi connectivity index (χ0n) is 6.95. The Labute approximate surface area is 72.3 Å². The van der Waals surface area contributed by atoms with Crippen LogP contribution in [-0.2, 0) is 4.74 Å². The van der Waals surface area contributed by atoms with Crippen molar-refractivity contribution in [1.29, 1.82) is 0 Å². The van der Waals surface area contributed by atoms with Gasteiger partial charge in [-0.15, -0.1) is 0 Å². The van der Waals surface area contributed by atoms with E-state index < -0.39 is 0 Å². The summed E-state index contributed by atoms with van der Waals surface area (Å²) in [6.45, 7) is 5.73. The molecule has 1 unspecified atom stereocenters. The molecule has 11 heavy (non-hydrogen) atoms. The molecule has 2 aliphatic heterocycles. The first kappa shape index (κ1) is 7.90. The fourth-order valence-electron chi connectivity index (χ4n) is 1.47. The van der Waals surface area contributed by atoms with Gasteiger partial charge in [-0.05, 0) is 6.92 Å². The van der Waals surface area contributed by atoms with Crippen LogP contribution in [0.4, 0.5) is 0 Å². The van der Waals surface area contributed by atoms with E-state index in [2.05, 4.69) is 23.6 Å². The molecule has 2 heterocycles. The highest BCUT2D eigenvalue weighted by Gasteiger charge is 2.28. The number of ether oxygens (including phenoxy) is 1. The lowest BCUT2D eigenvalue weighted by atomic mass is 10.3. The van der Waals surface area contributed by atoms with Crippen LogP contribution in [-0.4, -0.2) is 48.2 Å². The molecule has 2 nitrogen and oxygen atoms in total. The van der Waals surface area contributed by atoms with Gasteiger partial charge in [0.1, 0.15) is 0 Å². The quantitative estimate of drug-likeness (QED) is 0.575. The van der Waals surface area contributed by atoms with E-state index >= 15 is 0 Å². The van der Waals surface area contributed by atoms with E-state index in [1.54, 1.807) is 0 Å². The molecule has 0 aromatic rings. The van der Waals surface area contributed by atoms with E-state index in [1.807, 2.05) is 0 Å². The predicted octanol–water partition coefficient (Wildman–Crippen LogP) is 0.823. The Morgan fingerprint density at radius 2 is 2.45 bits per heavy atom. The van der Waals surface area contributed by atoms with Crippen LogP contribution in [0.15, 0.2) is 0 Å². The Hall–Kier alpha value is 0.270. The minimum atomic E-state index is 0.570. The third-order valence-corrected chi connectivity index (χ3v) is 3.54. The average molecular weight is 173 g/mol. The van der Waals surface area contributed by atoms with Gasteiger partial charge in [-0.1, -0.05) is 0 Å². The van der Waals surface area contributed by atoms with Crippen LogP contribution in [0.5, 0.6) is 0 Å². The summed E-state index contributed by atoms with van der Waals surface area (Å²) < 4.78 is 5.21. The molecule has 0 bridgehead atoms. The summed E-state index contributed by atoms with van der Waals surface area (Å²) in [5.74, 6) is 2.60. The number of nitrogens with zero attached hydrogens (tertiary/aromatic N) is 1. The van der Waals surface area contributed by atoms with Gasteiger partial charge in [-0.3, -0.25) is 4.90 Å². The maximum atomic E-state index is 5.21. The van der Waals surface area contributed by atoms with E-state index in [9.17, 15) is 0 Å². The largest absolute Gasteiger partial charge is 0.372 e. The predicted molar refractivity (Wildman–Crippen MR) is 48.1 cm³/mol. The highest BCUT2D eigenvalue weighted by atomic mass is 32.2. The van der Waals surface area contributed by atoms with E-state index in [-0.39, 0.29) is 0 Å². The van der Waals surface area contributed by atoms with Crippen LogP contribution in [0.1, 0.15) is 6.92 Å². The number of epoxide rings is 1. The molecule has 0 aromatic heterocycles. The van der Waals surface area contributed by atoms with E-state index in [4.69, 9.17) is 4.74 Å². The summed E-state index contributed by atoms with van der Waals surface area (Å²) in [6.07, 6.45) is 0.570. The molecule has 0 radical (unpaired) electrons. The molecular weight excluding hydrogens is 158 g/mol. The maximum absolute atomic E-state index is 5.21. The second-order valence-corrected chi connectivity index (χ2v) is 4.52. The minimum Gasteiger partial charge on any atom is -0.372 e. The van der Waals surface area contributed by atoms with Gasteiger partial charge in [0, 0.05) is 30.6 Å². The average Bonchev–Trinajstić information content (AvgIpc) is 2.78. The second kappa shape index (κ2) is 3.33. The maximum Gasteiger partial charge on any atom is 0.0936 e. The molecule has 3 heteroatoms. The lowest BCUT2D eigenvalue weighted by Gasteiger charge is -2.32. The van der Waals surface area contributed by atoms with Gasteiger partial charge < -0.3 is 4.74 Å². The highest BCUT2D eigenvalue weighted by molar-refractivity contribution is 7.99. The summed E-state index contributed by atoms with van der Waals surface area (Å²) in [5, 5.41) is 0. The third-order valence-electron chi connectivity index (χ3n) is 2.35. The third kappa shape index (κ3) is 2.10. The smallest absolute Gasteiger partial charge is 0.0936 e. The molecule has 0 aromatic carbocycles. The van der Waals surface area contributed by atoms with Crippen LogP contribution in [0, 0.1) is 0 Å². The van der Waals surface area contributed by atoms with Crippen molar-refractivity contribution in [2.75, 3.05) is 31.2 Å². The number of hydrogen-bond acceptors (Lipinski definition) is 3. The zero-order valence-corrected chi connectivity index (χ0v) is 7.77. The van der Waals surface area contributed by atoms with Crippen LogP contribution >= 0.6 is 11.8 Å². The lowest BCUT2D eigenvalue weighted by Crippen LogP contribution is -2.42. The molecule has 64 valence electrons. The standard InChI is InChI=1S/C8H15NOS/c1-7-6-11-3-2-9(7)4-8-5-10-8/h7-8H,2-6H2,1H3/t7?,8-/m0/s1. The first-order valence-electron chi connectivity index (χ1n) is 4.29. The van der Waals surface area contributed by atoms with Crippen LogP contribution in [0.3, 0.4) is 0 Å². The molecule has 0 amide bonds. The summed E-state index contributed by atoms with van der Waals surface area (Å²) in [4.78, 5) is 2.55. The first-order valence-corrected chi connectivity index (χ1v) is 5.45. The zero-order chi connectivity index (χ0) is 7.68. The molecule has 2 aliphatic rings. The SMILES string of the molecule is CC1CSCCN1C[C@H]1CO1. The van der Waals surface area contributed by atoms with Gasteiger partial charge in [0.25, 0.3) is 0 Å². The normalized spacial score (nSPS) is 39.0. The Bertz CT molecular complexity index is 138. The fraction of sp³-hybridized carbons (Fsp3) is 1.00. The van der Waals surface area contributed by atoms with Gasteiger partial charge in [-0.2, -0.15) is 11.8 Å². The molecule has 0 N–H and O–H groups in total. The molecule has 0 aliphatic carbocycles. The van der Waals surface area contributed by atoms with E-state index in [0.29, 0.717) is 6.10 Å². The van der Waals surface area contributed by atoms with Gasteiger partial charge in [0.15, 0.2) is 0 Å². The molecule has 0 spiro atoms. The first-order chi connectivity index (χ1) is 5.36. The van der Waals surface area contributed by atoms with Gasteiger partial charge in [-0.25, -0.2) is 0 Å². The molecule has 0 saturated carbocycles. The van der Waals surface area contributed by atoms with Gasteiger partial charge in [0.2, 0.25) is 0 Å². The van der Waals surface area contributed by atoms with E-state index in [0.717, 1.165) is 12.6 Å².